The maximum atomic E-state index is 12.5. The Morgan fingerprint density at radius 1 is 1.00 bits per heavy atom. The number of rotatable bonds is 3. The second-order valence-corrected chi connectivity index (χ2v) is 8.52. The summed E-state index contributed by atoms with van der Waals surface area (Å²) in [5.41, 5.74) is 3.97. The molecule has 2 aromatic heterocycles. The van der Waals surface area contributed by atoms with Crippen LogP contribution < -0.4 is 4.90 Å². The van der Waals surface area contributed by atoms with Crippen LogP contribution >= 0.6 is 0 Å². The summed E-state index contributed by atoms with van der Waals surface area (Å²) in [5.74, 6) is 2.29. The minimum Gasteiger partial charge on any atom is -0.354 e. The van der Waals surface area contributed by atoms with Crippen molar-refractivity contribution >= 4 is 22.8 Å². The van der Waals surface area contributed by atoms with Gasteiger partial charge in [-0.2, -0.15) is 5.10 Å². The van der Waals surface area contributed by atoms with Crippen LogP contribution in [-0.4, -0.2) is 56.7 Å². The maximum Gasteiger partial charge on any atom is 0.225 e. The third-order valence-corrected chi connectivity index (χ3v) is 6.17. The Morgan fingerprint density at radius 2 is 1.80 bits per heavy atom. The van der Waals surface area contributed by atoms with Gasteiger partial charge in [0.25, 0.3) is 0 Å². The first-order valence-electron chi connectivity index (χ1n) is 10.9. The highest BCUT2D eigenvalue weighted by Crippen LogP contribution is 2.33. The molecule has 30 heavy (non-hydrogen) atoms. The van der Waals surface area contributed by atoms with E-state index in [0.29, 0.717) is 5.91 Å². The van der Waals surface area contributed by atoms with Gasteiger partial charge in [-0.15, -0.1) is 0 Å². The molecule has 1 aromatic carbocycles. The quantitative estimate of drug-likeness (QED) is 0.671. The van der Waals surface area contributed by atoms with Crippen molar-refractivity contribution in [3.63, 3.8) is 0 Å². The molecule has 0 spiro atoms. The smallest absolute Gasteiger partial charge is 0.225 e. The molecule has 1 saturated heterocycles. The van der Waals surface area contributed by atoms with Crippen molar-refractivity contribution in [2.45, 2.75) is 40.0 Å². The van der Waals surface area contributed by atoms with Gasteiger partial charge in [0, 0.05) is 32.1 Å². The van der Waals surface area contributed by atoms with Crippen molar-refractivity contribution in [2.75, 3.05) is 31.1 Å². The Bertz CT molecular complexity index is 1120. The average molecular weight is 405 g/mol. The van der Waals surface area contributed by atoms with E-state index in [1.54, 1.807) is 0 Å². The molecule has 7 nitrogen and oxygen atoms in total. The van der Waals surface area contributed by atoms with Crippen molar-refractivity contribution in [2.24, 2.45) is 5.92 Å². The van der Waals surface area contributed by atoms with Gasteiger partial charge in [-0.25, -0.2) is 14.6 Å². The van der Waals surface area contributed by atoms with E-state index in [1.807, 2.05) is 35.6 Å². The van der Waals surface area contributed by atoms with E-state index in [9.17, 15) is 4.79 Å². The summed E-state index contributed by atoms with van der Waals surface area (Å²) in [5, 5.41) is 5.84. The summed E-state index contributed by atoms with van der Waals surface area (Å²) in [6, 6.07) is 8.23. The molecule has 3 aromatic rings. The van der Waals surface area contributed by atoms with Crippen molar-refractivity contribution in [1.82, 2.24) is 24.6 Å². The number of hydrogen-bond acceptors (Lipinski definition) is 5. The summed E-state index contributed by atoms with van der Waals surface area (Å²) in [7, 11) is 0. The summed E-state index contributed by atoms with van der Waals surface area (Å²) < 4.78 is 1.94. The monoisotopic (exact) mass is 404 g/mol. The topological polar surface area (TPSA) is 67.2 Å². The van der Waals surface area contributed by atoms with Crippen LogP contribution in [0.4, 0.5) is 5.82 Å². The summed E-state index contributed by atoms with van der Waals surface area (Å²) >= 11 is 0. The fraction of sp³-hybridized carbons (Fsp3) is 0.478. The van der Waals surface area contributed by atoms with Gasteiger partial charge in [0.05, 0.1) is 16.8 Å². The van der Waals surface area contributed by atoms with Crippen LogP contribution in [-0.2, 0) is 4.79 Å². The molecule has 2 fully saturated rings. The van der Waals surface area contributed by atoms with E-state index in [-0.39, 0.29) is 5.92 Å². The average Bonchev–Trinajstić information content (AvgIpc) is 3.55. The van der Waals surface area contributed by atoms with Gasteiger partial charge in [0.1, 0.15) is 11.6 Å². The predicted octanol–water partition coefficient (Wildman–Crippen LogP) is 3.19. The Kier molecular flexibility index (Phi) is 4.68. The second kappa shape index (κ2) is 7.38. The van der Waals surface area contributed by atoms with Crippen LogP contribution in [0.1, 0.15) is 36.3 Å². The first-order valence-corrected chi connectivity index (χ1v) is 10.9. The number of hydrogen-bond donors (Lipinski definition) is 0. The number of carbonyl (C=O) groups is 1. The zero-order valence-electron chi connectivity index (χ0n) is 17.9. The zero-order valence-corrected chi connectivity index (χ0v) is 17.9. The van der Waals surface area contributed by atoms with Crippen LogP contribution in [0.25, 0.3) is 16.7 Å². The van der Waals surface area contributed by atoms with Crippen molar-refractivity contribution < 1.29 is 4.79 Å². The van der Waals surface area contributed by atoms with E-state index in [2.05, 4.69) is 24.0 Å². The molecule has 1 aliphatic carbocycles. The third kappa shape index (κ3) is 3.32. The molecule has 0 unspecified atom stereocenters. The molecule has 156 valence electrons. The number of aryl methyl sites for hydroxylation is 3. The highest BCUT2D eigenvalue weighted by atomic mass is 16.2. The van der Waals surface area contributed by atoms with E-state index in [0.717, 1.165) is 85.1 Å². The number of fused-ring (bicyclic) bond motifs is 1. The highest BCUT2D eigenvalue weighted by Gasteiger charge is 2.34. The molecule has 2 aliphatic rings. The lowest BCUT2D eigenvalue weighted by molar-refractivity contribution is -0.132. The SMILES string of the molecule is Cc1nc(N2CCCN(C(=O)C3CC3)CC2)c2c(C)nn(-c3ccccc3C)c2n1. The molecule has 1 saturated carbocycles. The number of aromatic nitrogens is 4. The fourth-order valence-corrected chi connectivity index (χ4v) is 4.40. The van der Waals surface area contributed by atoms with Crippen LogP contribution in [0, 0.1) is 26.7 Å². The predicted molar refractivity (Wildman–Crippen MR) is 117 cm³/mol. The number of para-hydroxylation sites is 1. The van der Waals surface area contributed by atoms with Gasteiger partial charge in [-0.3, -0.25) is 4.79 Å². The first-order chi connectivity index (χ1) is 14.5. The lowest BCUT2D eigenvalue weighted by atomic mass is 10.2. The molecule has 0 radical (unpaired) electrons. The van der Waals surface area contributed by atoms with E-state index in [1.165, 1.54) is 0 Å². The van der Waals surface area contributed by atoms with Gasteiger partial charge >= 0.3 is 0 Å². The molecule has 1 amide bonds. The Hall–Kier alpha value is -2.96. The van der Waals surface area contributed by atoms with Crippen molar-refractivity contribution in [3.8, 4) is 5.69 Å². The van der Waals surface area contributed by atoms with Crippen molar-refractivity contribution in [3.05, 3.63) is 41.3 Å². The molecule has 0 bridgehead atoms. The third-order valence-electron chi connectivity index (χ3n) is 6.17. The fourth-order valence-electron chi connectivity index (χ4n) is 4.40. The molecule has 7 heteroatoms. The van der Waals surface area contributed by atoms with Gasteiger partial charge < -0.3 is 9.80 Å². The molecular formula is C23H28N6O. The van der Waals surface area contributed by atoms with E-state index >= 15 is 0 Å². The number of benzene rings is 1. The molecule has 1 aliphatic heterocycles. The van der Waals surface area contributed by atoms with Gasteiger partial charge in [0.2, 0.25) is 5.91 Å². The highest BCUT2D eigenvalue weighted by molar-refractivity contribution is 5.91. The summed E-state index contributed by atoms with van der Waals surface area (Å²) in [6.45, 7) is 9.32. The van der Waals surface area contributed by atoms with Crippen LogP contribution in [0.5, 0.6) is 0 Å². The molecule has 0 atom stereocenters. The molecule has 3 heterocycles. The number of anilines is 1. The zero-order chi connectivity index (χ0) is 20.8. The minimum atomic E-state index is 0.277. The normalized spacial score (nSPS) is 17.4. The minimum absolute atomic E-state index is 0.277. The number of nitrogens with zero attached hydrogens (tertiary/aromatic N) is 6. The first kappa shape index (κ1) is 19.0. The lowest BCUT2D eigenvalue weighted by Crippen LogP contribution is -2.36. The van der Waals surface area contributed by atoms with Gasteiger partial charge in [-0.05, 0) is 51.7 Å². The Balaban J connectivity index is 1.53. The molecule has 0 N–H and O–H groups in total. The molecular weight excluding hydrogens is 376 g/mol. The standard InChI is InChI=1S/C23H28N6O/c1-15-7-4-5-8-19(15)29-22-20(16(2)26-29)21(24-17(3)25-22)27-11-6-12-28(14-13-27)23(30)18-9-10-18/h4-5,7-8,18H,6,9-14H2,1-3H3. The number of amides is 1. The van der Waals surface area contributed by atoms with Crippen LogP contribution in [0.15, 0.2) is 24.3 Å². The summed E-state index contributed by atoms with van der Waals surface area (Å²) in [4.78, 5) is 26.5. The maximum absolute atomic E-state index is 12.5. The van der Waals surface area contributed by atoms with Gasteiger partial charge in [0.15, 0.2) is 5.65 Å². The largest absolute Gasteiger partial charge is 0.354 e. The number of carbonyl (C=O) groups excluding carboxylic acids is 1. The van der Waals surface area contributed by atoms with Crippen LogP contribution in [0.3, 0.4) is 0 Å². The van der Waals surface area contributed by atoms with Crippen molar-refractivity contribution in [1.29, 1.82) is 0 Å². The van der Waals surface area contributed by atoms with E-state index < -0.39 is 0 Å². The second-order valence-electron chi connectivity index (χ2n) is 8.52. The summed E-state index contributed by atoms with van der Waals surface area (Å²) in [6.07, 6.45) is 3.07. The van der Waals surface area contributed by atoms with Gasteiger partial charge in [-0.1, -0.05) is 18.2 Å². The van der Waals surface area contributed by atoms with E-state index in [4.69, 9.17) is 15.1 Å². The lowest BCUT2D eigenvalue weighted by Gasteiger charge is -2.23. The Morgan fingerprint density at radius 3 is 2.57 bits per heavy atom. The molecule has 5 rings (SSSR count). The van der Waals surface area contributed by atoms with Crippen LogP contribution in [0.2, 0.25) is 0 Å². The Labute approximate surface area is 176 Å².